The van der Waals surface area contributed by atoms with Gasteiger partial charge in [-0.3, -0.25) is 0 Å². The van der Waals surface area contributed by atoms with E-state index in [0.29, 0.717) is 0 Å². The van der Waals surface area contributed by atoms with Gasteiger partial charge in [0.15, 0.2) is 0 Å². The fraction of sp³-hybridized carbons (Fsp3) is 1.00. The standard InChI is InChI=1S/C7H14/c1-2-4-6-7-5-3-1/h1-7H2/i1D. The van der Waals surface area contributed by atoms with Crippen molar-refractivity contribution < 1.29 is 1.37 Å². The fourth-order valence-electron chi connectivity index (χ4n) is 1.08. The molecule has 0 aromatic heterocycles. The molecule has 0 radical (unpaired) electrons. The number of hydrogen-bond donors (Lipinski definition) is 0. The van der Waals surface area contributed by atoms with Crippen molar-refractivity contribution in [2.45, 2.75) is 44.9 Å². The van der Waals surface area contributed by atoms with Gasteiger partial charge in [0, 0.05) is 1.37 Å². The van der Waals surface area contributed by atoms with Crippen molar-refractivity contribution in [3.63, 3.8) is 0 Å². The normalized spacial score (nSPS) is 28.9. The van der Waals surface area contributed by atoms with E-state index in [1.54, 1.807) is 0 Å². The van der Waals surface area contributed by atoms with Crippen molar-refractivity contribution in [2.75, 3.05) is 0 Å². The molecule has 1 saturated carbocycles. The Morgan fingerprint density at radius 1 is 0.714 bits per heavy atom. The van der Waals surface area contributed by atoms with Crippen LogP contribution in [-0.4, -0.2) is 0 Å². The van der Waals surface area contributed by atoms with Gasteiger partial charge in [-0.2, -0.15) is 0 Å². The molecule has 0 aromatic rings. The smallest absolute Gasteiger partial charge is 0.0267 e. The highest BCUT2D eigenvalue weighted by Crippen LogP contribution is 2.15. The third-order valence-electron chi connectivity index (χ3n) is 1.57. The first-order valence-electron chi connectivity index (χ1n) is 3.89. The van der Waals surface area contributed by atoms with Crippen LogP contribution < -0.4 is 0 Å². The van der Waals surface area contributed by atoms with Crippen LogP contribution in [0.2, 0.25) is 0 Å². The summed E-state index contributed by atoms with van der Waals surface area (Å²) in [5, 5.41) is 0. The molecule has 0 nitrogen and oxygen atoms in total. The molecule has 7 heavy (non-hydrogen) atoms. The first-order valence-corrected chi connectivity index (χ1v) is 3.32. The Hall–Kier alpha value is 0. The highest BCUT2D eigenvalue weighted by molar-refractivity contribution is 4.51. The van der Waals surface area contributed by atoms with E-state index in [1.165, 1.54) is 25.7 Å². The fourth-order valence-corrected chi connectivity index (χ4v) is 1.08. The molecule has 42 valence electrons. The molecule has 0 aliphatic heterocycles. The van der Waals surface area contributed by atoms with Gasteiger partial charge in [0.1, 0.15) is 0 Å². The molecule has 0 spiro atoms. The molecular weight excluding hydrogens is 84.1 g/mol. The third-order valence-corrected chi connectivity index (χ3v) is 1.57. The minimum atomic E-state index is 0.275. The van der Waals surface area contributed by atoms with E-state index in [2.05, 4.69) is 0 Å². The molecule has 1 rings (SSSR count). The van der Waals surface area contributed by atoms with Gasteiger partial charge >= 0.3 is 0 Å². The maximum atomic E-state index is 7.41. The predicted molar refractivity (Wildman–Crippen MR) is 32.3 cm³/mol. The molecule has 1 aliphatic carbocycles. The molecule has 0 N–H and O–H groups in total. The summed E-state index contributed by atoms with van der Waals surface area (Å²) in [6, 6.07) is 0. The van der Waals surface area contributed by atoms with E-state index in [-0.39, 0.29) is 6.40 Å². The van der Waals surface area contributed by atoms with Gasteiger partial charge in [0.25, 0.3) is 0 Å². The van der Waals surface area contributed by atoms with Gasteiger partial charge in [-0.05, 0) is 0 Å². The van der Waals surface area contributed by atoms with Crippen LogP contribution in [0.3, 0.4) is 0 Å². The average Bonchev–Trinajstić information content (AvgIpc) is 1.94. The highest BCUT2D eigenvalue weighted by atomic mass is 14.0. The zero-order chi connectivity index (χ0) is 5.82. The lowest BCUT2D eigenvalue weighted by atomic mass is 10.2. The molecule has 0 saturated heterocycles. The summed E-state index contributed by atoms with van der Waals surface area (Å²) in [5.41, 5.74) is 0. The molecule has 0 aromatic carbocycles. The van der Waals surface area contributed by atoms with Crippen LogP contribution in [0, 0.1) is 0 Å². The van der Waals surface area contributed by atoms with E-state index in [9.17, 15) is 0 Å². The Morgan fingerprint density at radius 3 is 1.71 bits per heavy atom. The zero-order valence-electron chi connectivity index (χ0n) is 5.82. The summed E-state index contributed by atoms with van der Waals surface area (Å²) in [6.45, 7) is 0. The Bertz CT molecular complexity index is 53.4. The van der Waals surface area contributed by atoms with Gasteiger partial charge in [0.2, 0.25) is 0 Å². The predicted octanol–water partition coefficient (Wildman–Crippen LogP) is 2.73. The molecule has 0 amide bonds. The van der Waals surface area contributed by atoms with Crippen LogP contribution in [0.25, 0.3) is 0 Å². The summed E-state index contributed by atoms with van der Waals surface area (Å²) >= 11 is 0. The summed E-state index contributed by atoms with van der Waals surface area (Å²) < 4.78 is 7.41. The summed E-state index contributed by atoms with van der Waals surface area (Å²) in [7, 11) is 0. The Kier molecular flexibility index (Phi) is 1.72. The summed E-state index contributed by atoms with van der Waals surface area (Å²) in [5.74, 6) is 0. The minimum Gasteiger partial charge on any atom is -0.0533 e. The maximum Gasteiger partial charge on any atom is 0.0267 e. The van der Waals surface area contributed by atoms with Crippen LogP contribution in [0.5, 0.6) is 0 Å². The minimum absolute atomic E-state index is 0.275. The highest BCUT2D eigenvalue weighted by Gasteiger charge is 1.95. The van der Waals surface area contributed by atoms with Gasteiger partial charge in [-0.15, -0.1) is 0 Å². The quantitative estimate of drug-likeness (QED) is 0.410. The van der Waals surface area contributed by atoms with E-state index >= 15 is 0 Å². The molecule has 1 fully saturated rings. The van der Waals surface area contributed by atoms with Gasteiger partial charge in [-0.25, -0.2) is 0 Å². The summed E-state index contributed by atoms with van der Waals surface area (Å²) in [6.07, 6.45) is 7.92. The van der Waals surface area contributed by atoms with Crippen LogP contribution in [0.15, 0.2) is 0 Å². The second-order valence-corrected chi connectivity index (χ2v) is 2.28. The molecule has 0 heterocycles. The monoisotopic (exact) mass is 99.1 g/mol. The van der Waals surface area contributed by atoms with Gasteiger partial charge < -0.3 is 0 Å². The Labute approximate surface area is 47.3 Å². The van der Waals surface area contributed by atoms with Crippen LogP contribution >= 0.6 is 0 Å². The van der Waals surface area contributed by atoms with Crippen LogP contribution in [0.4, 0.5) is 0 Å². The van der Waals surface area contributed by atoms with E-state index in [4.69, 9.17) is 1.37 Å². The maximum absolute atomic E-state index is 7.41. The van der Waals surface area contributed by atoms with Gasteiger partial charge in [-0.1, -0.05) is 44.9 Å². The molecule has 0 atom stereocenters. The lowest BCUT2D eigenvalue weighted by Gasteiger charge is -1.85. The second kappa shape index (κ2) is 3.06. The van der Waals surface area contributed by atoms with Crippen molar-refractivity contribution in [3.8, 4) is 0 Å². The molecule has 1 aliphatic rings. The van der Waals surface area contributed by atoms with Crippen LogP contribution in [-0.2, 0) is 0 Å². The molecule has 0 unspecified atom stereocenters. The van der Waals surface area contributed by atoms with Crippen molar-refractivity contribution in [1.82, 2.24) is 0 Å². The van der Waals surface area contributed by atoms with Crippen LogP contribution in [0.1, 0.15) is 46.3 Å². The topological polar surface area (TPSA) is 0 Å². The van der Waals surface area contributed by atoms with Crippen molar-refractivity contribution in [1.29, 1.82) is 0 Å². The Morgan fingerprint density at radius 2 is 1.14 bits per heavy atom. The largest absolute Gasteiger partial charge is 0.0533 e. The first-order chi connectivity index (χ1) is 3.89. The molecule has 0 bridgehead atoms. The van der Waals surface area contributed by atoms with E-state index in [1.807, 2.05) is 0 Å². The lowest BCUT2D eigenvalue weighted by Crippen LogP contribution is -1.66. The van der Waals surface area contributed by atoms with E-state index < -0.39 is 0 Å². The van der Waals surface area contributed by atoms with Crippen molar-refractivity contribution >= 4 is 0 Å². The SMILES string of the molecule is [2H]C1CCCCCC1. The summed E-state index contributed by atoms with van der Waals surface area (Å²) in [4.78, 5) is 0. The molecular formula is C7H14. The Balaban J connectivity index is 2.17. The lowest BCUT2D eigenvalue weighted by molar-refractivity contribution is 0.702. The first kappa shape index (κ1) is 3.94. The van der Waals surface area contributed by atoms with Gasteiger partial charge in [0.05, 0.1) is 0 Å². The van der Waals surface area contributed by atoms with Crippen molar-refractivity contribution in [2.24, 2.45) is 0 Å². The third kappa shape index (κ3) is 1.96. The number of hydrogen-bond acceptors (Lipinski definition) is 0. The zero-order valence-corrected chi connectivity index (χ0v) is 4.82. The van der Waals surface area contributed by atoms with E-state index in [0.717, 1.165) is 12.8 Å². The van der Waals surface area contributed by atoms with Crippen molar-refractivity contribution in [3.05, 3.63) is 0 Å². The second-order valence-electron chi connectivity index (χ2n) is 2.28. The number of rotatable bonds is 0. The molecule has 0 heteroatoms. The average molecular weight is 99.2 g/mol.